The van der Waals surface area contributed by atoms with Crippen LogP contribution in [0.15, 0.2) is 57.7 Å². The predicted molar refractivity (Wildman–Crippen MR) is 110 cm³/mol. The molecule has 0 spiro atoms. The van der Waals surface area contributed by atoms with Crippen LogP contribution < -0.4 is 16.2 Å². The fourth-order valence-electron chi connectivity index (χ4n) is 3.01. The maximum atomic E-state index is 12.4. The van der Waals surface area contributed by atoms with Crippen molar-refractivity contribution in [3.05, 3.63) is 64.8 Å². The largest absolute Gasteiger partial charge is 0.440 e. The maximum Gasteiger partial charge on any atom is 0.323 e. The lowest BCUT2D eigenvalue weighted by atomic mass is 10.2. The zero-order valence-electron chi connectivity index (χ0n) is 15.8. The highest BCUT2D eigenvalue weighted by Gasteiger charge is 2.11. The first-order valence-corrected chi connectivity index (χ1v) is 8.99. The van der Waals surface area contributed by atoms with E-state index in [1.54, 1.807) is 48.0 Å². The van der Waals surface area contributed by atoms with Crippen molar-refractivity contribution in [1.82, 2.24) is 9.55 Å². The van der Waals surface area contributed by atoms with Crippen LogP contribution in [0.5, 0.6) is 0 Å². The van der Waals surface area contributed by atoms with Crippen LogP contribution in [0.4, 0.5) is 16.2 Å². The molecule has 0 aliphatic rings. The number of oxazole rings is 1. The molecule has 7 nitrogen and oxygen atoms in total. The van der Waals surface area contributed by atoms with Gasteiger partial charge in [-0.15, -0.1) is 0 Å². The van der Waals surface area contributed by atoms with Gasteiger partial charge in [0.05, 0.1) is 5.52 Å². The SMILES string of the molecule is CC(C)c1nc2cc(NC(=O)Nc3ccc4ccc(=O)n(C)c4c3)ccc2o1. The van der Waals surface area contributed by atoms with Gasteiger partial charge in [0, 0.05) is 30.4 Å². The monoisotopic (exact) mass is 376 g/mol. The quantitative estimate of drug-likeness (QED) is 0.553. The number of hydrogen-bond donors (Lipinski definition) is 2. The molecule has 0 saturated carbocycles. The third-order valence-corrected chi connectivity index (χ3v) is 4.54. The fraction of sp³-hybridized carbons (Fsp3) is 0.190. The van der Waals surface area contributed by atoms with Crippen LogP contribution >= 0.6 is 0 Å². The van der Waals surface area contributed by atoms with E-state index >= 15 is 0 Å². The first-order chi connectivity index (χ1) is 13.4. The third kappa shape index (κ3) is 3.34. The van der Waals surface area contributed by atoms with E-state index in [1.807, 2.05) is 19.9 Å². The van der Waals surface area contributed by atoms with E-state index < -0.39 is 0 Å². The molecule has 0 aliphatic heterocycles. The van der Waals surface area contributed by atoms with E-state index in [0.29, 0.717) is 28.4 Å². The van der Waals surface area contributed by atoms with Crippen LogP contribution in [0.1, 0.15) is 25.7 Å². The molecule has 4 rings (SSSR count). The summed E-state index contributed by atoms with van der Waals surface area (Å²) < 4.78 is 7.22. The van der Waals surface area contributed by atoms with Crippen LogP contribution in [0, 0.1) is 0 Å². The number of carbonyl (C=O) groups excluding carboxylic acids is 1. The average molecular weight is 376 g/mol. The first-order valence-electron chi connectivity index (χ1n) is 8.99. The van der Waals surface area contributed by atoms with Gasteiger partial charge in [-0.3, -0.25) is 4.79 Å². The van der Waals surface area contributed by atoms with Gasteiger partial charge in [0.1, 0.15) is 5.52 Å². The molecule has 0 aliphatic carbocycles. The molecule has 142 valence electrons. The van der Waals surface area contributed by atoms with E-state index in [1.165, 1.54) is 6.07 Å². The molecule has 2 amide bonds. The summed E-state index contributed by atoms with van der Waals surface area (Å²) in [6, 6.07) is 13.7. The second-order valence-corrected chi connectivity index (χ2v) is 6.97. The molecule has 7 heteroatoms. The number of hydrogen-bond acceptors (Lipinski definition) is 4. The van der Waals surface area contributed by atoms with Gasteiger partial charge in [0.2, 0.25) is 0 Å². The van der Waals surface area contributed by atoms with Gasteiger partial charge < -0.3 is 19.6 Å². The van der Waals surface area contributed by atoms with Gasteiger partial charge >= 0.3 is 6.03 Å². The van der Waals surface area contributed by atoms with E-state index in [-0.39, 0.29) is 17.5 Å². The Morgan fingerprint density at radius 3 is 2.46 bits per heavy atom. The summed E-state index contributed by atoms with van der Waals surface area (Å²) in [5.41, 5.74) is 3.23. The molecule has 2 aromatic carbocycles. The Hall–Kier alpha value is -3.61. The standard InChI is InChI=1S/C21H20N4O3/c1-12(2)20-24-16-10-14(7-8-18(16)28-20)22-21(27)23-15-6-4-13-5-9-19(26)25(3)17(13)11-15/h4-12H,1-3H3,(H2,22,23,27). The molecule has 0 bridgehead atoms. The van der Waals surface area contributed by atoms with Crippen molar-refractivity contribution >= 4 is 39.4 Å². The average Bonchev–Trinajstić information content (AvgIpc) is 3.09. The molecule has 2 heterocycles. The maximum absolute atomic E-state index is 12.4. The Bertz CT molecular complexity index is 1250. The topological polar surface area (TPSA) is 89.2 Å². The number of rotatable bonds is 3. The number of carbonyl (C=O) groups is 1. The first kappa shape index (κ1) is 17.8. The molecular weight excluding hydrogens is 356 g/mol. The van der Waals surface area contributed by atoms with Gasteiger partial charge in [-0.25, -0.2) is 9.78 Å². The van der Waals surface area contributed by atoms with Crippen molar-refractivity contribution in [1.29, 1.82) is 0 Å². The number of nitrogens with zero attached hydrogens (tertiary/aromatic N) is 2. The number of urea groups is 1. The molecule has 2 N–H and O–H groups in total. The van der Waals surface area contributed by atoms with Crippen LogP contribution in [0.25, 0.3) is 22.0 Å². The van der Waals surface area contributed by atoms with Crippen molar-refractivity contribution < 1.29 is 9.21 Å². The Balaban J connectivity index is 1.54. The number of nitrogens with one attached hydrogen (secondary N) is 2. The second-order valence-electron chi connectivity index (χ2n) is 6.97. The van der Waals surface area contributed by atoms with Gasteiger partial charge in [-0.05, 0) is 41.8 Å². The van der Waals surface area contributed by atoms with Crippen LogP contribution in [0.3, 0.4) is 0 Å². The molecule has 0 atom stereocenters. The minimum Gasteiger partial charge on any atom is -0.440 e. The number of anilines is 2. The van der Waals surface area contributed by atoms with E-state index in [0.717, 1.165) is 10.9 Å². The summed E-state index contributed by atoms with van der Waals surface area (Å²) in [6.07, 6.45) is 0. The van der Waals surface area contributed by atoms with Crippen molar-refractivity contribution in [3.8, 4) is 0 Å². The lowest BCUT2D eigenvalue weighted by molar-refractivity contribution is 0.262. The summed E-state index contributed by atoms with van der Waals surface area (Å²) in [4.78, 5) is 28.6. The zero-order valence-corrected chi connectivity index (χ0v) is 15.8. The van der Waals surface area contributed by atoms with Gasteiger partial charge in [0.15, 0.2) is 11.5 Å². The third-order valence-electron chi connectivity index (χ3n) is 4.54. The molecule has 2 aromatic heterocycles. The number of pyridine rings is 1. The Morgan fingerprint density at radius 2 is 1.71 bits per heavy atom. The number of aromatic nitrogens is 2. The molecular formula is C21H20N4O3. The van der Waals surface area contributed by atoms with Gasteiger partial charge in [-0.2, -0.15) is 0 Å². The second kappa shape index (κ2) is 6.84. The highest BCUT2D eigenvalue weighted by Crippen LogP contribution is 2.24. The summed E-state index contributed by atoms with van der Waals surface area (Å²) >= 11 is 0. The Labute approximate surface area is 161 Å². The smallest absolute Gasteiger partial charge is 0.323 e. The normalized spacial score (nSPS) is 11.3. The van der Waals surface area contributed by atoms with Crippen molar-refractivity contribution in [2.45, 2.75) is 19.8 Å². The van der Waals surface area contributed by atoms with E-state index in [9.17, 15) is 9.59 Å². The Morgan fingerprint density at radius 1 is 1.04 bits per heavy atom. The summed E-state index contributed by atoms with van der Waals surface area (Å²) in [5.74, 6) is 0.856. The molecule has 0 unspecified atom stereocenters. The predicted octanol–water partition coefficient (Wildman–Crippen LogP) is 4.45. The van der Waals surface area contributed by atoms with Crippen molar-refractivity contribution in [2.24, 2.45) is 7.05 Å². The molecule has 4 aromatic rings. The molecule has 28 heavy (non-hydrogen) atoms. The number of fused-ring (bicyclic) bond motifs is 2. The number of benzene rings is 2. The summed E-state index contributed by atoms with van der Waals surface area (Å²) in [5, 5.41) is 6.51. The highest BCUT2D eigenvalue weighted by atomic mass is 16.3. The van der Waals surface area contributed by atoms with Crippen molar-refractivity contribution in [3.63, 3.8) is 0 Å². The summed E-state index contributed by atoms with van der Waals surface area (Å²) in [7, 11) is 1.70. The molecule has 0 fully saturated rings. The lowest BCUT2D eigenvalue weighted by Gasteiger charge is -2.10. The van der Waals surface area contributed by atoms with E-state index in [4.69, 9.17) is 4.42 Å². The van der Waals surface area contributed by atoms with Gasteiger partial charge in [-0.1, -0.05) is 19.9 Å². The fourth-order valence-corrected chi connectivity index (χ4v) is 3.01. The number of aryl methyl sites for hydroxylation is 1. The zero-order chi connectivity index (χ0) is 19.8. The Kier molecular flexibility index (Phi) is 4.35. The summed E-state index contributed by atoms with van der Waals surface area (Å²) in [6.45, 7) is 4.02. The minimum absolute atomic E-state index is 0.101. The molecule has 0 saturated heterocycles. The van der Waals surface area contributed by atoms with Gasteiger partial charge in [0.25, 0.3) is 5.56 Å². The van der Waals surface area contributed by atoms with Crippen LogP contribution in [-0.4, -0.2) is 15.6 Å². The minimum atomic E-state index is -0.382. The van der Waals surface area contributed by atoms with Crippen molar-refractivity contribution in [2.75, 3.05) is 10.6 Å². The number of amides is 2. The van der Waals surface area contributed by atoms with Crippen LogP contribution in [-0.2, 0) is 7.05 Å². The van der Waals surface area contributed by atoms with E-state index in [2.05, 4.69) is 15.6 Å². The molecule has 0 radical (unpaired) electrons. The highest BCUT2D eigenvalue weighted by molar-refractivity contribution is 6.01. The van der Waals surface area contributed by atoms with Crippen LogP contribution in [0.2, 0.25) is 0 Å². The lowest BCUT2D eigenvalue weighted by Crippen LogP contribution is -2.20.